The molecule has 0 bridgehead atoms. The third-order valence-corrected chi connectivity index (χ3v) is 3.75. The Labute approximate surface area is 138 Å². The summed E-state index contributed by atoms with van der Waals surface area (Å²) in [5, 5.41) is 3.96. The molecule has 4 nitrogen and oxygen atoms in total. The van der Waals surface area contributed by atoms with Crippen LogP contribution in [0.3, 0.4) is 0 Å². The predicted molar refractivity (Wildman–Crippen MR) is 85.9 cm³/mol. The standard InChI is InChI=1S/C18H17F2N3O/c1-2-23(11-14-15(19)9-6-10-16(14)20)12-17-21-18(22-24-17)13-7-4-3-5-8-13/h3-10H,2,11-12H2,1H3. The Morgan fingerprint density at radius 3 is 2.33 bits per heavy atom. The molecule has 1 aromatic heterocycles. The van der Waals surface area contributed by atoms with Gasteiger partial charge in [-0.05, 0) is 18.7 Å². The Morgan fingerprint density at radius 2 is 1.67 bits per heavy atom. The number of hydrogen-bond donors (Lipinski definition) is 0. The van der Waals surface area contributed by atoms with Crippen LogP contribution in [0, 0.1) is 11.6 Å². The van der Waals surface area contributed by atoms with Crippen LogP contribution >= 0.6 is 0 Å². The summed E-state index contributed by atoms with van der Waals surface area (Å²) in [6, 6.07) is 13.3. The van der Waals surface area contributed by atoms with Gasteiger partial charge in [-0.25, -0.2) is 8.78 Å². The highest BCUT2D eigenvalue weighted by Crippen LogP contribution is 2.18. The van der Waals surface area contributed by atoms with Gasteiger partial charge in [-0.15, -0.1) is 0 Å². The summed E-state index contributed by atoms with van der Waals surface area (Å²) in [5.74, 6) is -0.195. The van der Waals surface area contributed by atoms with E-state index >= 15 is 0 Å². The number of aromatic nitrogens is 2. The number of hydrogen-bond acceptors (Lipinski definition) is 4. The summed E-state index contributed by atoms with van der Waals surface area (Å²) in [5.41, 5.74) is 0.901. The molecule has 0 fully saturated rings. The second-order valence-corrected chi connectivity index (χ2v) is 5.38. The van der Waals surface area contributed by atoms with Gasteiger partial charge in [0.2, 0.25) is 11.7 Å². The first-order valence-electron chi connectivity index (χ1n) is 7.70. The second-order valence-electron chi connectivity index (χ2n) is 5.38. The van der Waals surface area contributed by atoms with E-state index in [0.717, 1.165) is 5.56 Å². The van der Waals surface area contributed by atoms with Crippen LogP contribution in [0.5, 0.6) is 0 Å². The summed E-state index contributed by atoms with van der Waals surface area (Å²) in [7, 11) is 0. The van der Waals surface area contributed by atoms with Crippen molar-refractivity contribution in [3.8, 4) is 11.4 Å². The SMILES string of the molecule is CCN(Cc1nc(-c2ccccc2)no1)Cc1c(F)cccc1F. The van der Waals surface area contributed by atoms with E-state index in [-0.39, 0.29) is 12.1 Å². The molecule has 0 saturated carbocycles. The number of halogens is 2. The van der Waals surface area contributed by atoms with Gasteiger partial charge in [0.05, 0.1) is 6.54 Å². The zero-order valence-electron chi connectivity index (χ0n) is 13.2. The van der Waals surface area contributed by atoms with E-state index in [0.29, 0.717) is 24.8 Å². The summed E-state index contributed by atoms with van der Waals surface area (Å²) in [6.45, 7) is 2.96. The third kappa shape index (κ3) is 3.65. The zero-order valence-corrected chi connectivity index (χ0v) is 13.2. The molecule has 24 heavy (non-hydrogen) atoms. The molecular formula is C18H17F2N3O. The first kappa shape index (κ1) is 16.3. The minimum atomic E-state index is -0.552. The Morgan fingerprint density at radius 1 is 0.958 bits per heavy atom. The topological polar surface area (TPSA) is 42.2 Å². The summed E-state index contributed by atoms with van der Waals surface area (Å²) in [4.78, 5) is 6.18. The Bertz CT molecular complexity index is 785. The molecule has 1 heterocycles. The van der Waals surface area contributed by atoms with Crippen molar-refractivity contribution in [2.24, 2.45) is 0 Å². The maximum Gasteiger partial charge on any atom is 0.241 e. The minimum absolute atomic E-state index is 0.0437. The van der Waals surface area contributed by atoms with Gasteiger partial charge in [0.1, 0.15) is 11.6 Å². The lowest BCUT2D eigenvalue weighted by atomic mass is 10.2. The molecule has 0 unspecified atom stereocenters. The highest BCUT2D eigenvalue weighted by atomic mass is 19.1. The van der Waals surface area contributed by atoms with Crippen molar-refractivity contribution in [2.45, 2.75) is 20.0 Å². The molecule has 0 saturated heterocycles. The molecule has 0 aliphatic heterocycles. The highest BCUT2D eigenvalue weighted by Gasteiger charge is 2.16. The molecule has 0 radical (unpaired) electrons. The number of benzene rings is 2. The van der Waals surface area contributed by atoms with Crippen LogP contribution in [0.25, 0.3) is 11.4 Å². The first-order chi connectivity index (χ1) is 11.7. The van der Waals surface area contributed by atoms with Crippen LogP contribution < -0.4 is 0 Å². The first-order valence-corrected chi connectivity index (χ1v) is 7.70. The van der Waals surface area contributed by atoms with Crippen LogP contribution in [0.15, 0.2) is 53.1 Å². The maximum atomic E-state index is 13.8. The average Bonchev–Trinajstić information content (AvgIpc) is 3.06. The predicted octanol–water partition coefficient (Wildman–Crippen LogP) is 4.04. The van der Waals surface area contributed by atoms with Crippen LogP contribution in [-0.4, -0.2) is 21.6 Å². The van der Waals surface area contributed by atoms with E-state index in [1.165, 1.54) is 18.2 Å². The zero-order chi connectivity index (χ0) is 16.9. The van der Waals surface area contributed by atoms with E-state index in [9.17, 15) is 8.78 Å². The van der Waals surface area contributed by atoms with Gasteiger partial charge < -0.3 is 4.52 Å². The van der Waals surface area contributed by atoms with Gasteiger partial charge in [-0.2, -0.15) is 4.98 Å². The maximum absolute atomic E-state index is 13.8. The van der Waals surface area contributed by atoms with Crippen LogP contribution in [0.1, 0.15) is 18.4 Å². The highest BCUT2D eigenvalue weighted by molar-refractivity contribution is 5.53. The Balaban J connectivity index is 1.73. The lowest BCUT2D eigenvalue weighted by Crippen LogP contribution is -2.23. The molecule has 3 rings (SSSR count). The number of rotatable bonds is 6. The fourth-order valence-electron chi connectivity index (χ4n) is 2.40. The van der Waals surface area contributed by atoms with Crippen molar-refractivity contribution >= 4 is 0 Å². The van der Waals surface area contributed by atoms with Crippen molar-refractivity contribution in [1.29, 1.82) is 0 Å². The monoisotopic (exact) mass is 329 g/mol. The largest absolute Gasteiger partial charge is 0.338 e. The van der Waals surface area contributed by atoms with E-state index in [1.807, 2.05) is 42.2 Å². The fourth-order valence-corrected chi connectivity index (χ4v) is 2.40. The number of nitrogens with zero attached hydrogens (tertiary/aromatic N) is 3. The van der Waals surface area contributed by atoms with Gasteiger partial charge >= 0.3 is 0 Å². The summed E-state index contributed by atoms with van der Waals surface area (Å²) < 4.78 is 32.8. The average molecular weight is 329 g/mol. The lowest BCUT2D eigenvalue weighted by Gasteiger charge is -2.18. The normalized spacial score (nSPS) is 11.2. The molecule has 0 amide bonds. The van der Waals surface area contributed by atoms with Gasteiger partial charge in [0.15, 0.2) is 0 Å². The van der Waals surface area contributed by atoms with Crippen LogP contribution in [0.4, 0.5) is 8.78 Å². The third-order valence-electron chi connectivity index (χ3n) is 3.75. The van der Waals surface area contributed by atoms with Crippen molar-refractivity contribution < 1.29 is 13.3 Å². The Hall–Kier alpha value is -2.60. The molecule has 124 valence electrons. The molecule has 0 atom stereocenters. The minimum Gasteiger partial charge on any atom is -0.338 e. The van der Waals surface area contributed by atoms with Crippen LogP contribution in [-0.2, 0) is 13.1 Å². The second kappa shape index (κ2) is 7.31. The molecule has 0 spiro atoms. The van der Waals surface area contributed by atoms with Gasteiger partial charge in [0.25, 0.3) is 0 Å². The van der Waals surface area contributed by atoms with Crippen molar-refractivity contribution in [3.63, 3.8) is 0 Å². The molecule has 2 aromatic carbocycles. The molecule has 6 heteroatoms. The van der Waals surface area contributed by atoms with Gasteiger partial charge in [-0.1, -0.05) is 48.5 Å². The Kier molecular flexibility index (Phi) is 4.96. The summed E-state index contributed by atoms with van der Waals surface area (Å²) in [6.07, 6.45) is 0. The molecule has 0 aliphatic rings. The van der Waals surface area contributed by atoms with E-state index in [2.05, 4.69) is 10.1 Å². The molecule has 0 aliphatic carbocycles. The summed E-state index contributed by atoms with van der Waals surface area (Å²) >= 11 is 0. The van der Waals surface area contributed by atoms with Gasteiger partial charge in [-0.3, -0.25) is 4.90 Å². The fraction of sp³-hybridized carbons (Fsp3) is 0.222. The molecular weight excluding hydrogens is 312 g/mol. The molecule has 0 N–H and O–H groups in total. The van der Waals surface area contributed by atoms with E-state index < -0.39 is 11.6 Å². The van der Waals surface area contributed by atoms with Crippen LogP contribution in [0.2, 0.25) is 0 Å². The van der Waals surface area contributed by atoms with E-state index in [1.54, 1.807) is 0 Å². The molecule has 3 aromatic rings. The lowest BCUT2D eigenvalue weighted by molar-refractivity contribution is 0.223. The van der Waals surface area contributed by atoms with Crippen molar-refractivity contribution in [1.82, 2.24) is 15.0 Å². The quantitative estimate of drug-likeness (QED) is 0.684. The smallest absolute Gasteiger partial charge is 0.241 e. The van der Waals surface area contributed by atoms with Gasteiger partial charge in [0, 0.05) is 17.7 Å². The van der Waals surface area contributed by atoms with E-state index in [4.69, 9.17) is 4.52 Å². The van der Waals surface area contributed by atoms with Crippen molar-refractivity contribution in [2.75, 3.05) is 6.54 Å². The van der Waals surface area contributed by atoms with Crippen molar-refractivity contribution in [3.05, 3.63) is 71.6 Å².